The molecule has 1 atom stereocenters. The van der Waals surface area contributed by atoms with Gasteiger partial charge in [0.2, 0.25) is 0 Å². The van der Waals surface area contributed by atoms with Gasteiger partial charge in [-0.05, 0) is 115 Å². The third-order valence-electron chi connectivity index (χ3n) is 11.0. The van der Waals surface area contributed by atoms with Crippen LogP contribution in [0.1, 0.15) is 50.3 Å². The highest BCUT2D eigenvalue weighted by molar-refractivity contribution is 6.62. The number of fused-ring (bicyclic) bond motifs is 6. The van der Waals surface area contributed by atoms with Crippen molar-refractivity contribution < 1.29 is 9.31 Å². The van der Waals surface area contributed by atoms with Gasteiger partial charge in [0.15, 0.2) is 0 Å². The van der Waals surface area contributed by atoms with Crippen molar-refractivity contribution in [3.8, 4) is 27.9 Å². The standard InChI is InChI=1S/C44H38BNO2/c1-43(2)44(3,4)48-45(47-43)33-22-19-32-27-37(29-13-7-5-8-14-29)35-23-20-30(25-39(35)38(32)28-33)31-21-24-42-40(26-31)36-17-11-12-18-41(36)46(42)34-15-9-6-10-16-34/h5-26,28,37H,27H2,1-4H3. The Balaban J connectivity index is 1.20. The Morgan fingerprint density at radius 3 is 2.00 bits per heavy atom. The zero-order valence-corrected chi connectivity index (χ0v) is 27.9. The monoisotopic (exact) mass is 623 g/mol. The van der Waals surface area contributed by atoms with E-state index in [0.717, 1.165) is 11.9 Å². The third kappa shape index (κ3) is 4.58. The molecule has 4 heteroatoms. The van der Waals surface area contributed by atoms with E-state index in [1.807, 2.05) is 0 Å². The highest BCUT2D eigenvalue weighted by Gasteiger charge is 2.51. The van der Waals surface area contributed by atoms with Gasteiger partial charge in [0, 0.05) is 22.4 Å². The number of para-hydroxylation sites is 2. The molecule has 2 heterocycles. The minimum absolute atomic E-state index is 0.289. The lowest BCUT2D eigenvalue weighted by molar-refractivity contribution is 0.00578. The molecule has 6 aromatic carbocycles. The van der Waals surface area contributed by atoms with Crippen LogP contribution in [0.3, 0.4) is 0 Å². The first-order valence-electron chi connectivity index (χ1n) is 17.0. The molecule has 0 N–H and O–H groups in total. The second-order valence-electron chi connectivity index (χ2n) is 14.4. The molecular formula is C44H38BNO2. The van der Waals surface area contributed by atoms with Crippen molar-refractivity contribution in [1.82, 2.24) is 4.57 Å². The molecule has 9 rings (SSSR count). The molecule has 0 radical (unpaired) electrons. The molecule has 0 saturated carbocycles. The first kappa shape index (κ1) is 29.3. The number of aromatic nitrogens is 1. The van der Waals surface area contributed by atoms with Crippen molar-refractivity contribution in [2.45, 2.75) is 51.2 Å². The summed E-state index contributed by atoms with van der Waals surface area (Å²) in [4.78, 5) is 0. The minimum atomic E-state index is -0.400. The maximum atomic E-state index is 6.50. The highest BCUT2D eigenvalue weighted by atomic mass is 16.7. The predicted octanol–water partition coefficient (Wildman–Crippen LogP) is 10.1. The molecule has 2 aliphatic rings. The van der Waals surface area contributed by atoms with Gasteiger partial charge in [-0.2, -0.15) is 0 Å². The average Bonchev–Trinajstić information content (AvgIpc) is 3.56. The summed E-state index contributed by atoms with van der Waals surface area (Å²) in [5, 5.41) is 2.52. The van der Waals surface area contributed by atoms with Gasteiger partial charge in [-0.1, -0.05) is 103 Å². The fraction of sp³-hybridized carbons (Fsp3) is 0.182. The fourth-order valence-electron chi connectivity index (χ4n) is 7.74. The van der Waals surface area contributed by atoms with Crippen molar-refractivity contribution in [1.29, 1.82) is 0 Å². The third-order valence-corrected chi connectivity index (χ3v) is 11.0. The Labute approximate surface area is 282 Å². The summed E-state index contributed by atoms with van der Waals surface area (Å²) in [7, 11) is -0.400. The summed E-state index contributed by atoms with van der Waals surface area (Å²) >= 11 is 0. The van der Waals surface area contributed by atoms with E-state index in [-0.39, 0.29) is 17.1 Å². The quantitative estimate of drug-likeness (QED) is 0.182. The Kier molecular flexibility index (Phi) is 6.59. The molecule has 1 aliphatic heterocycles. The van der Waals surface area contributed by atoms with E-state index < -0.39 is 7.12 Å². The van der Waals surface area contributed by atoms with Gasteiger partial charge in [0.1, 0.15) is 0 Å². The van der Waals surface area contributed by atoms with E-state index in [0.29, 0.717) is 0 Å². The van der Waals surface area contributed by atoms with Crippen molar-refractivity contribution >= 4 is 34.4 Å². The number of hydrogen-bond acceptors (Lipinski definition) is 2. The topological polar surface area (TPSA) is 23.4 Å². The first-order chi connectivity index (χ1) is 23.3. The fourth-order valence-corrected chi connectivity index (χ4v) is 7.74. The Bertz CT molecular complexity index is 2320. The summed E-state index contributed by atoms with van der Waals surface area (Å²) < 4.78 is 15.4. The van der Waals surface area contributed by atoms with Gasteiger partial charge in [0.25, 0.3) is 0 Å². The Morgan fingerprint density at radius 2 is 1.23 bits per heavy atom. The largest absolute Gasteiger partial charge is 0.494 e. The van der Waals surface area contributed by atoms with Crippen LogP contribution in [0.4, 0.5) is 0 Å². The summed E-state index contributed by atoms with van der Waals surface area (Å²) in [6, 6.07) is 51.2. The van der Waals surface area contributed by atoms with Crippen LogP contribution in [0.2, 0.25) is 0 Å². The molecule has 0 bridgehead atoms. The van der Waals surface area contributed by atoms with E-state index >= 15 is 0 Å². The van der Waals surface area contributed by atoms with Crippen molar-refractivity contribution in [2.75, 3.05) is 0 Å². The maximum Gasteiger partial charge on any atom is 0.494 e. The number of nitrogens with zero attached hydrogens (tertiary/aromatic N) is 1. The van der Waals surface area contributed by atoms with E-state index in [2.05, 4.69) is 172 Å². The van der Waals surface area contributed by atoms with Crippen LogP contribution in [0.25, 0.3) is 49.7 Å². The van der Waals surface area contributed by atoms with E-state index in [1.165, 1.54) is 66.4 Å². The highest BCUT2D eigenvalue weighted by Crippen LogP contribution is 2.45. The summed E-state index contributed by atoms with van der Waals surface area (Å²) in [6.45, 7) is 8.47. The normalized spacial score (nSPS) is 17.8. The molecule has 234 valence electrons. The zero-order valence-electron chi connectivity index (χ0n) is 27.9. The molecule has 7 aromatic rings. The van der Waals surface area contributed by atoms with Crippen molar-refractivity contribution in [3.05, 3.63) is 156 Å². The van der Waals surface area contributed by atoms with Gasteiger partial charge in [-0.25, -0.2) is 0 Å². The van der Waals surface area contributed by atoms with E-state index in [1.54, 1.807) is 0 Å². The van der Waals surface area contributed by atoms with Crippen LogP contribution in [-0.4, -0.2) is 22.9 Å². The molecular weight excluding hydrogens is 585 g/mol. The van der Waals surface area contributed by atoms with Crippen LogP contribution in [0.15, 0.2) is 140 Å². The van der Waals surface area contributed by atoms with Crippen LogP contribution < -0.4 is 5.46 Å². The number of benzene rings is 6. The molecule has 1 aliphatic carbocycles. The molecule has 1 saturated heterocycles. The van der Waals surface area contributed by atoms with Crippen LogP contribution >= 0.6 is 0 Å². The maximum absolute atomic E-state index is 6.50. The summed E-state index contributed by atoms with van der Waals surface area (Å²) in [5.41, 5.74) is 13.0. The lowest BCUT2D eigenvalue weighted by Gasteiger charge is -2.32. The molecule has 0 spiro atoms. The second-order valence-corrected chi connectivity index (χ2v) is 14.4. The Hall–Kier alpha value is -4.90. The molecule has 1 unspecified atom stereocenters. The zero-order chi connectivity index (χ0) is 32.6. The average molecular weight is 624 g/mol. The second kappa shape index (κ2) is 10.8. The van der Waals surface area contributed by atoms with Crippen molar-refractivity contribution in [3.63, 3.8) is 0 Å². The molecule has 3 nitrogen and oxygen atoms in total. The van der Waals surface area contributed by atoms with Crippen LogP contribution in [-0.2, 0) is 15.7 Å². The smallest absolute Gasteiger partial charge is 0.399 e. The van der Waals surface area contributed by atoms with Crippen LogP contribution in [0, 0.1) is 0 Å². The summed E-state index contributed by atoms with van der Waals surface area (Å²) in [6.07, 6.45) is 0.959. The van der Waals surface area contributed by atoms with Gasteiger partial charge < -0.3 is 13.9 Å². The molecule has 1 fully saturated rings. The lowest BCUT2D eigenvalue weighted by Crippen LogP contribution is -2.41. The minimum Gasteiger partial charge on any atom is -0.399 e. The molecule has 48 heavy (non-hydrogen) atoms. The first-order valence-corrected chi connectivity index (χ1v) is 17.0. The lowest BCUT2D eigenvalue weighted by atomic mass is 9.71. The van der Waals surface area contributed by atoms with Crippen molar-refractivity contribution in [2.24, 2.45) is 0 Å². The van der Waals surface area contributed by atoms with E-state index in [9.17, 15) is 0 Å². The van der Waals surface area contributed by atoms with E-state index in [4.69, 9.17) is 9.31 Å². The van der Waals surface area contributed by atoms with Gasteiger partial charge in [-0.15, -0.1) is 0 Å². The van der Waals surface area contributed by atoms with Gasteiger partial charge >= 0.3 is 7.12 Å². The predicted molar refractivity (Wildman–Crippen MR) is 199 cm³/mol. The number of rotatable bonds is 4. The number of hydrogen-bond donors (Lipinski definition) is 0. The summed E-state index contributed by atoms with van der Waals surface area (Å²) in [5.74, 6) is 0.289. The molecule has 1 aromatic heterocycles. The van der Waals surface area contributed by atoms with Gasteiger partial charge in [0.05, 0.1) is 22.2 Å². The van der Waals surface area contributed by atoms with Crippen LogP contribution in [0.5, 0.6) is 0 Å². The molecule has 0 amide bonds. The van der Waals surface area contributed by atoms with Gasteiger partial charge in [-0.3, -0.25) is 0 Å². The SMILES string of the molecule is CC1(C)OB(c2ccc3c(c2)-c2cc(-c4ccc5c(c4)c4ccccc4n5-c4ccccc4)ccc2C(c2ccccc2)C3)OC1(C)C. The Morgan fingerprint density at radius 1 is 0.583 bits per heavy atom.